The van der Waals surface area contributed by atoms with E-state index in [0.717, 1.165) is 32.1 Å². The van der Waals surface area contributed by atoms with Crippen molar-refractivity contribution >= 4 is 26.8 Å². The van der Waals surface area contributed by atoms with Crippen molar-refractivity contribution in [1.82, 2.24) is 19.7 Å². The molecule has 2 atom stereocenters. The lowest BCUT2D eigenvalue weighted by Crippen LogP contribution is -2.20. The summed E-state index contributed by atoms with van der Waals surface area (Å²) >= 11 is 3.68. The molecule has 6 nitrogen and oxygen atoms in total. The summed E-state index contributed by atoms with van der Waals surface area (Å²) in [6.45, 7) is 0. The van der Waals surface area contributed by atoms with E-state index in [1.165, 1.54) is 6.33 Å². The van der Waals surface area contributed by atoms with E-state index in [1.807, 2.05) is 53.2 Å². The molecular formula is C26H16BrN5O. The van der Waals surface area contributed by atoms with E-state index in [2.05, 4.69) is 50.3 Å². The summed E-state index contributed by atoms with van der Waals surface area (Å²) in [4.78, 5) is 9.12. The summed E-state index contributed by atoms with van der Waals surface area (Å²) in [5.74, 6) is 0.963. The van der Waals surface area contributed by atoms with Gasteiger partial charge in [0.2, 0.25) is 5.88 Å². The smallest absolute Gasteiger partial charge is 0.223 e. The average molecular weight is 494 g/mol. The Morgan fingerprint density at radius 3 is 2.64 bits per heavy atom. The number of pyridine rings is 1. The zero-order chi connectivity index (χ0) is 22.4. The number of aromatic nitrogens is 4. The molecule has 0 aliphatic carbocycles. The third-order valence-corrected chi connectivity index (χ3v) is 6.69. The lowest BCUT2D eigenvalue weighted by Gasteiger charge is -2.27. The molecule has 5 aromatic rings. The minimum absolute atomic E-state index is 0.152. The Kier molecular flexibility index (Phi) is 4.67. The summed E-state index contributed by atoms with van der Waals surface area (Å²) in [6, 6.07) is 25.8. The third-order valence-electron chi connectivity index (χ3n) is 6.00. The van der Waals surface area contributed by atoms with Gasteiger partial charge in [0, 0.05) is 26.9 Å². The van der Waals surface area contributed by atoms with Crippen LogP contribution in [0.2, 0.25) is 0 Å². The van der Waals surface area contributed by atoms with E-state index in [-0.39, 0.29) is 12.0 Å². The Morgan fingerprint density at radius 1 is 0.970 bits per heavy atom. The highest BCUT2D eigenvalue weighted by Gasteiger charge is 2.37. The van der Waals surface area contributed by atoms with Crippen molar-refractivity contribution in [3.63, 3.8) is 0 Å². The molecule has 0 saturated heterocycles. The number of nitriles is 1. The van der Waals surface area contributed by atoms with Gasteiger partial charge in [-0.05, 0) is 35.9 Å². The van der Waals surface area contributed by atoms with Crippen molar-refractivity contribution in [2.24, 2.45) is 0 Å². The molecule has 158 valence electrons. The van der Waals surface area contributed by atoms with Crippen molar-refractivity contribution in [3.8, 4) is 17.7 Å². The maximum absolute atomic E-state index is 9.50. The zero-order valence-corrected chi connectivity index (χ0v) is 18.8. The fraction of sp³-hybridized carbons (Fsp3) is 0.0769. The van der Waals surface area contributed by atoms with Crippen LogP contribution in [-0.2, 0) is 0 Å². The lowest BCUT2D eigenvalue weighted by atomic mass is 9.82. The summed E-state index contributed by atoms with van der Waals surface area (Å²) in [6.07, 6.45) is 3.26. The molecule has 3 heterocycles. The van der Waals surface area contributed by atoms with Gasteiger partial charge in [-0.3, -0.25) is 0 Å². The molecule has 7 heteroatoms. The molecule has 0 amide bonds. The van der Waals surface area contributed by atoms with Gasteiger partial charge in [-0.1, -0.05) is 58.4 Å². The largest absolute Gasteiger partial charge is 0.438 e. The van der Waals surface area contributed by atoms with Crippen LogP contribution in [0.3, 0.4) is 0 Å². The van der Waals surface area contributed by atoms with Gasteiger partial charge in [0.25, 0.3) is 0 Å². The van der Waals surface area contributed by atoms with Crippen LogP contribution in [0.1, 0.15) is 34.2 Å². The predicted molar refractivity (Wildman–Crippen MR) is 127 cm³/mol. The van der Waals surface area contributed by atoms with E-state index in [0.29, 0.717) is 17.2 Å². The molecule has 0 spiro atoms. The predicted octanol–water partition coefficient (Wildman–Crippen LogP) is 5.99. The van der Waals surface area contributed by atoms with Gasteiger partial charge in [0.15, 0.2) is 0 Å². The lowest BCUT2D eigenvalue weighted by molar-refractivity contribution is 0.456. The fourth-order valence-electron chi connectivity index (χ4n) is 4.53. The number of rotatable bonds is 2. The van der Waals surface area contributed by atoms with Crippen molar-refractivity contribution in [1.29, 1.82) is 5.26 Å². The van der Waals surface area contributed by atoms with Gasteiger partial charge < -0.3 is 4.74 Å². The standard InChI is InChI=1S/C26H16BrN5O/c27-21-7-4-8-22-19(21)12-20-24(17-5-2-1-3-6-17)25(32-15-29-14-30-32)18-10-9-16(13-28)11-23(18)33-26(20)31-22/h1-12,14-15,24-25H. The Bertz CT molecular complexity index is 1530. The third kappa shape index (κ3) is 3.27. The molecule has 1 aliphatic rings. The van der Waals surface area contributed by atoms with Gasteiger partial charge in [0.1, 0.15) is 18.4 Å². The van der Waals surface area contributed by atoms with Crippen LogP contribution in [0.5, 0.6) is 11.6 Å². The summed E-state index contributed by atoms with van der Waals surface area (Å²) < 4.78 is 9.25. The van der Waals surface area contributed by atoms with E-state index in [4.69, 9.17) is 9.72 Å². The first-order valence-electron chi connectivity index (χ1n) is 10.4. The second kappa shape index (κ2) is 7.84. The van der Waals surface area contributed by atoms with Crippen LogP contribution in [0, 0.1) is 11.3 Å². The van der Waals surface area contributed by atoms with E-state index >= 15 is 0 Å². The van der Waals surface area contributed by atoms with Gasteiger partial charge in [0.05, 0.1) is 23.2 Å². The quantitative estimate of drug-likeness (QED) is 0.302. The highest BCUT2D eigenvalue weighted by atomic mass is 79.9. The van der Waals surface area contributed by atoms with Crippen LogP contribution >= 0.6 is 15.9 Å². The maximum Gasteiger partial charge on any atom is 0.223 e. The van der Waals surface area contributed by atoms with Crippen molar-refractivity contribution in [2.45, 2.75) is 12.0 Å². The zero-order valence-electron chi connectivity index (χ0n) is 17.3. The Morgan fingerprint density at radius 2 is 1.85 bits per heavy atom. The number of halogens is 1. The highest BCUT2D eigenvalue weighted by molar-refractivity contribution is 9.10. The van der Waals surface area contributed by atoms with E-state index in [9.17, 15) is 5.26 Å². The molecule has 1 aliphatic heterocycles. The summed E-state index contributed by atoms with van der Waals surface area (Å²) in [7, 11) is 0. The summed E-state index contributed by atoms with van der Waals surface area (Å²) in [5, 5.41) is 15.0. The van der Waals surface area contributed by atoms with Gasteiger partial charge >= 0.3 is 0 Å². The normalized spacial score (nSPS) is 16.8. The SMILES string of the molecule is N#Cc1ccc2c(c1)Oc1nc3cccc(Br)c3cc1C(c1ccccc1)C2n1cncn1. The number of hydrogen-bond acceptors (Lipinski definition) is 5. The van der Waals surface area contributed by atoms with Gasteiger partial charge in [-0.25, -0.2) is 14.6 Å². The molecule has 2 unspecified atom stereocenters. The summed E-state index contributed by atoms with van der Waals surface area (Å²) in [5.41, 5.74) is 4.31. The highest BCUT2D eigenvalue weighted by Crippen LogP contribution is 2.50. The molecular weight excluding hydrogens is 478 g/mol. The molecule has 0 fully saturated rings. The fourth-order valence-corrected chi connectivity index (χ4v) is 5.00. The Hall–Kier alpha value is -4.02. The molecule has 33 heavy (non-hydrogen) atoms. The molecule has 0 saturated carbocycles. The molecule has 0 bridgehead atoms. The first-order valence-corrected chi connectivity index (χ1v) is 11.2. The van der Waals surface area contributed by atoms with Crippen LogP contribution in [-0.4, -0.2) is 19.7 Å². The van der Waals surface area contributed by atoms with Crippen LogP contribution < -0.4 is 4.74 Å². The van der Waals surface area contributed by atoms with E-state index < -0.39 is 0 Å². The molecule has 2 aromatic heterocycles. The number of nitrogens with zero attached hydrogens (tertiary/aromatic N) is 5. The van der Waals surface area contributed by atoms with Crippen LogP contribution in [0.4, 0.5) is 0 Å². The second-order valence-electron chi connectivity index (χ2n) is 7.86. The first-order chi connectivity index (χ1) is 16.2. The number of hydrogen-bond donors (Lipinski definition) is 0. The molecule has 6 rings (SSSR count). The Balaban J connectivity index is 1.72. The van der Waals surface area contributed by atoms with Crippen molar-refractivity contribution in [3.05, 3.63) is 112 Å². The number of benzene rings is 3. The minimum Gasteiger partial charge on any atom is -0.438 e. The molecule has 0 N–H and O–H groups in total. The maximum atomic E-state index is 9.50. The monoisotopic (exact) mass is 493 g/mol. The minimum atomic E-state index is -0.249. The molecule has 3 aromatic carbocycles. The Labute approximate surface area is 198 Å². The van der Waals surface area contributed by atoms with Gasteiger partial charge in [-0.2, -0.15) is 10.4 Å². The number of fused-ring (bicyclic) bond motifs is 3. The number of ether oxygens (including phenoxy) is 1. The van der Waals surface area contributed by atoms with E-state index in [1.54, 1.807) is 12.4 Å². The van der Waals surface area contributed by atoms with Crippen molar-refractivity contribution < 1.29 is 4.74 Å². The molecule has 0 radical (unpaired) electrons. The van der Waals surface area contributed by atoms with Crippen molar-refractivity contribution in [2.75, 3.05) is 0 Å². The first kappa shape index (κ1) is 19.6. The van der Waals surface area contributed by atoms with Crippen LogP contribution in [0.15, 0.2) is 89.9 Å². The van der Waals surface area contributed by atoms with Crippen LogP contribution in [0.25, 0.3) is 10.9 Å². The average Bonchev–Trinajstić information content (AvgIpc) is 3.33. The van der Waals surface area contributed by atoms with Gasteiger partial charge in [-0.15, -0.1) is 0 Å². The topological polar surface area (TPSA) is 76.6 Å². The second-order valence-corrected chi connectivity index (χ2v) is 8.72.